The number of rotatable bonds is 5. The van der Waals surface area contributed by atoms with Gasteiger partial charge in [-0.25, -0.2) is 4.39 Å². The van der Waals surface area contributed by atoms with Crippen molar-refractivity contribution in [3.05, 3.63) is 59.9 Å². The zero-order valence-corrected chi connectivity index (χ0v) is 15.0. The number of carbonyl (C=O) groups excluding carboxylic acids is 2. The van der Waals surface area contributed by atoms with Crippen LogP contribution in [0.3, 0.4) is 0 Å². The molecule has 0 radical (unpaired) electrons. The Hall–Kier alpha value is -3.09. The van der Waals surface area contributed by atoms with Gasteiger partial charge < -0.3 is 20.9 Å². The van der Waals surface area contributed by atoms with Crippen molar-refractivity contribution in [2.24, 2.45) is 0 Å². The van der Waals surface area contributed by atoms with E-state index in [2.05, 4.69) is 10.2 Å². The Balaban J connectivity index is 1.42. The first-order valence-corrected chi connectivity index (χ1v) is 8.95. The SMILES string of the molecule is Nc1cccc(C(=O)NCCC(=O)N2CCN(c3ccc(F)cc3)CC2)c1. The van der Waals surface area contributed by atoms with E-state index < -0.39 is 0 Å². The van der Waals surface area contributed by atoms with Crippen molar-refractivity contribution >= 4 is 23.2 Å². The highest BCUT2D eigenvalue weighted by Gasteiger charge is 2.21. The Labute approximate surface area is 157 Å². The average Bonchev–Trinajstić information content (AvgIpc) is 2.68. The number of benzene rings is 2. The van der Waals surface area contributed by atoms with Gasteiger partial charge in [0.1, 0.15) is 5.82 Å². The van der Waals surface area contributed by atoms with Crippen molar-refractivity contribution in [2.45, 2.75) is 6.42 Å². The maximum absolute atomic E-state index is 13.0. The summed E-state index contributed by atoms with van der Waals surface area (Å²) in [5.41, 5.74) is 7.63. The second-order valence-electron chi connectivity index (χ2n) is 6.48. The summed E-state index contributed by atoms with van der Waals surface area (Å²) in [5, 5.41) is 2.75. The molecule has 7 heteroatoms. The monoisotopic (exact) mass is 370 g/mol. The predicted octanol–water partition coefficient (Wildman–Crippen LogP) is 1.88. The molecule has 3 rings (SSSR count). The number of amides is 2. The maximum atomic E-state index is 13.0. The smallest absolute Gasteiger partial charge is 0.251 e. The second-order valence-corrected chi connectivity index (χ2v) is 6.48. The summed E-state index contributed by atoms with van der Waals surface area (Å²) in [6, 6.07) is 13.1. The molecule has 1 fully saturated rings. The third-order valence-electron chi connectivity index (χ3n) is 4.60. The topological polar surface area (TPSA) is 78.7 Å². The fourth-order valence-electron chi connectivity index (χ4n) is 3.09. The number of halogens is 1. The van der Waals surface area contributed by atoms with Gasteiger partial charge >= 0.3 is 0 Å². The van der Waals surface area contributed by atoms with E-state index in [0.29, 0.717) is 37.4 Å². The van der Waals surface area contributed by atoms with Gasteiger partial charge in [0, 0.05) is 56.1 Å². The van der Waals surface area contributed by atoms with Crippen LogP contribution in [0.5, 0.6) is 0 Å². The van der Waals surface area contributed by atoms with E-state index in [-0.39, 0.29) is 30.6 Å². The van der Waals surface area contributed by atoms with E-state index >= 15 is 0 Å². The standard InChI is InChI=1S/C20H23FN4O2/c21-16-4-6-18(7-5-16)24-10-12-25(13-11-24)19(26)8-9-23-20(27)15-2-1-3-17(22)14-15/h1-7,14H,8-13,22H2,(H,23,27). The molecule has 1 aliphatic heterocycles. The minimum atomic E-state index is -0.257. The maximum Gasteiger partial charge on any atom is 0.251 e. The lowest BCUT2D eigenvalue weighted by atomic mass is 10.2. The van der Waals surface area contributed by atoms with E-state index in [9.17, 15) is 14.0 Å². The van der Waals surface area contributed by atoms with E-state index in [0.717, 1.165) is 5.69 Å². The number of hydrogen-bond acceptors (Lipinski definition) is 4. The van der Waals surface area contributed by atoms with Crippen LogP contribution in [0.15, 0.2) is 48.5 Å². The molecule has 2 aromatic rings. The van der Waals surface area contributed by atoms with E-state index in [1.165, 1.54) is 12.1 Å². The number of hydrogen-bond donors (Lipinski definition) is 2. The molecular weight excluding hydrogens is 347 g/mol. The van der Waals surface area contributed by atoms with Gasteiger partial charge in [0.15, 0.2) is 0 Å². The van der Waals surface area contributed by atoms with Crippen molar-refractivity contribution < 1.29 is 14.0 Å². The second kappa shape index (κ2) is 8.53. The van der Waals surface area contributed by atoms with Gasteiger partial charge in [-0.3, -0.25) is 9.59 Å². The van der Waals surface area contributed by atoms with Crippen molar-refractivity contribution in [3.63, 3.8) is 0 Å². The highest BCUT2D eigenvalue weighted by Crippen LogP contribution is 2.17. The van der Waals surface area contributed by atoms with Crippen LogP contribution in [0.25, 0.3) is 0 Å². The van der Waals surface area contributed by atoms with Crippen molar-refractivity contribution in [1.82, 2.24) is 10.2 Å². The summed E-state index contributed by atoms with van der Waals surface area (Å²) in [6.45, 7) is 2.91. The van der Waals surface area contributed by atoms with Crippen LogP contribution in [-0.2, 0) is 4.79 Å². The quantitative estimate of drug-likeness (QED) is 0.788. The Morgan fingerprint density at radius 3 is 2.41 bits per heavy atom. The Bertz CT molecular complexity index is 802. The summed E-state index contributed by atoms with van der Waals surface area (Å²) in [6.07, 6.45) is 0.255. The molecule has 2 aromatic carbocycles. The van der Waals surface area contributed by atoms with Gasteiger partial charge in [0.2, 0.25) is 5.91 Å². The lowest BCUT2D eigenvalue weighted by Gasteiger charge is -2.36. The molecule has 0 unspecified atom stereocenters. The third kappa shape index (κ3) is 4.97. The molecule has 0 aromatic heterocycles. The van der Waals surface area contributed by atoms with E-state index in [1.807, 2.05) is 0 Å². The summed E-state index contributed by atoms with van der Waals surface area (Å²) in [4.78, 5) is 28.3. The molecule has 2 amide bonds. The van der Waals surface area contributed by atoms with Gasteiger partial charge in [-0.05, 0) is 42.5 Å². The number of anilines is 2. The molecule has 0 spiro atoms. The first kappa shape index (κ1) is 18.7. The summed E-state index contributed by atoms with van der Waals surface area (Å²) in [5.74, 6) is -0.481. The average molecular weight is 370 g/mol. The minimum Gasteiger partial charge on any atom is -0.399 e. The summed E-state index contributed by atoms with van der Waals surface area (Å²) >= 11 is 0. The molecule has 0 bridgehead atoms. The van der Waals surface area contributed by atoms with Crippen LogP contribution in [0.4, 0.5) is 15.8 Å². The van der Waals surface area contributed by atoms with E-state index in [4.69, 9.17) is 5.73 Å². The van der Waals surface area contributed by atoms with Crippen LogP contribution >= 0.6 is 0 Å². The molecule has 3 N–H and O–H groups in total. The molecule has 142 valence electrons. The molecule has 0 atom stereocenters. The van der Waals surface area contributed by atoms with Crippen LogP contribution in [0.1, 0.15) is 16.8 Å². The van der Waals surface area contributed by atoms with Gasteiger partial charge in [-0.1, -0.05) is 6.07 Å². The first-order valence-electron chi connectivity index (χ1n) is 8.95. The molecule has 1 saturated heterocycles. The molecular formula is C20H23FN4O2. The zero-order chi connectivity index (χ0) is 19.2. The molecule has 27 heavy (non-hydrogen) atoms. The highest BCUT2D eigenvalue weighted by molar-refractivity contribution is 5.95. The third-order valence-corrected chi connectivity index (χ3v) is 4.60. The molecule has 0 saturated carbocycles. The van der Waals surface area contributed by atoms with Crippen LogP contribution in [0, 0.1) is 5.82 Å². The van der Waals surface area contributed by atoms with Gasteiger partial charge in [0.05, 0.1) is 0 Å². The summed E-state index contributed by atoms with van der Waals surface area (Å²) in [7, 11) is 0. The van der Waals surface area contributed by atoms with Gasteiger partial charge in [-0.2, -0.15) is 0 Å². The van der Waals surface area contributed by atoms with Gasteiger partial charge in [0.25, 0.3) is 5.91 Å². The Morgan fingerprint density at radius 2 is 1.74 bits per heavy atom. The van der Waals surface area contributed by atoms with Crippen LogP contribution < -0.4 is 16.0 Å². The Morgan fingerprint density at radius 1 is 1.04 bits per heavy atom. The highest BCUT2D eigenvalue weighted by atomic mass is 19.1. The number of nitrogen functional groups attached to an aromatic ring is 1. The zero-order valence-electron chi connectivity index (χ0n) is 15.0. The Kier molecular flexibility index (Phi) is 5.90. The summed E-state index contributed by atoms with van der Waals surface area (Å²) < 4.78 is 13.0. The molecule has 6 nitrogen and oxygen atoms in total. The minimum absolute atomic E-state index is 0.0154. The first-order chi connectivity index (χ1) is 13.0. The normalized spacial score (nSPS) is 14.1. The molecule has 1 heterocycles. The van der Waals surface area contributed by atoms with Crippen LogP contribution in [-0.4, -0.2) is 49.4 Å². The predicted molar refractivity (Wildman–Crippen MR) is 103 cm³/mol. The van der Waals surface area contributed by atoms with Gasteiger partial charge in [-0.15, -0.1) is 0 Å². The van der Waals surface area contributed by atoms with Crippen molar-refractivity contribution in [3.8, 4) is 0 Å². The number of nitrogens with zero attached hydrogens (tertiary/aromatic N) is 2. The lowest BCUT2D eigenvalue weighted by Crippen LogP contribution is -2.49. The largest absolute Gasteiger partial charge is 0.399 e. The molecule has 1 aliphatic rings. The number of nitrogens with one attached hydrogen (secondary N) is 1. The number of piperazine rings is 1. The van der Waals surface area contributed by atoms with Crippen LogP contribution in [0.2, 0.25) is 0 Å². The van der Waals surface area contributed by atoms with Crippen molar-refractivity contribution in [1.29, 1.82) is 0 Å². The van der Waals surface area contributed by atoms with E-state index in [1.54, 1.807) is 41.3 Å². The fraction of sp³-hybridized carbons (Fsp3) is 0.300. The lowest BCUT2D eigenvalue weighted by molar-refractivity contribution is -0.131. The number of nitrogens with two attached hydrogens (primary N) is 1. The van der Waals surface area contributed by atoms with Crippen molar-refractivity contribution in [2.75, 3.05) is 43.4 Å². The molecule has 0 aliphatic carbocycles. The number of carbonyl (C=O) groups is 2. The fourth-order valence-corrected chi connectivity index (χ4v) is 3.09.